The van der Waals surface area contributed by atoms with Crippen LogP contribution in [0.1, 0.15) is 20.8 Å². The van der Waals surface area contributed by atoms with Crippen molar-refractivity contribution >= 4 is 5.82 Å². The van der Waals surface area contributed by atoms with Crippen molar-refractivity contribution in [2.75, 3.05) is 18.1 Å². The van der Waals surface area contributed by atoms with E-state index < -0.39 is 0 Å². The zero-order valence-corrected chi connectivity index (χ0v) is 10.4. The van der Waals surface area contributed by atoms with Crippen molar-refractivity contribution in [3.63, 3.8) is 0 Å². The normalized spacial score (nSPS) is 12.0. The van der Waals surface area contributed by atoms with Crippen molar-refractivity contribution in [1.82, 2.24) is 9.99 Å². The molecular formula is C13H21N3. The first kappa shape index (κ1) is 12.6. The molecule has 1 rings (SSSR count). The maximum atomic E-state index is 3.22. The lowest BCUT2D eigenvalue weighted by molar-refractivity contribution is 0.303. The summed E-state index contributed by atoms with van der Waals surface area (Å²) in [6.07, 6.45) is 10.1. The first-order valence-electron chi connectivity index (χ1n) is 5.80. The SMILES string of the molecule is CC=CC=CN(c1ccc[nH]1)N(CC)CC. The van der Waals surface area contributed by atoms with Gasteiger partial charge in [-0.2, -0.15) is 0 Å². The van der Waals surface area contributed by atoms with E-state index in [0.717, 1.165) is 18.9 Å². The van der Waals surface area contributed by atoms with Crippen LogP contribution in [-0.2, 0) is 0 Å². The van der Waals surface area contributed by atoms with Crippen molar-refractivity contribution in [2.45, 2.75) is 20.8 Å². The van der Waals surface area contributed by atoms with Crippen LogP contribution < -0.4 is 5.01 Å². The Labute approximate surface area is 98.0 Å². The van der Waals surface area contributed by atoms with Gasteiger partial charge in [0.05, 0.1) is 0 Å². The largest absolute Gasteiger partial charge is 0.347 e. The first-order chi connectivity index (χ1) is 7.83. The molecule has 3 heteroatoms. The first-order valence-corrected chi connectivity index (χ1v) is 5.80. The quantitative estimate of drug-likeness (QED) is 0.586. The van der Waals surface area contributed by atoms with Crippen LogP contribution in [0.2, 0.25) is 0 Å². The third-order valence-electron chi connectivity index (χ3n) is 2.39. The van der Waals surface area contributed by atoms with E-state index in [2.05, 4.69) is 41.1 Å². The van der Waals surface area contributed by atoms with Crippen LogP contribution in [0.4, 0.5) is 5.82 Å². The number of aromatic amines is 1. The number of anilines is 1. The number of hydrogen-bond donors (Lipinski definition) is 1. The monoisotopic (exact) mass is 219 g/mol. The van der Waals surface area contributed by atoms with Crippen LogP contribution in [0.5, 0.6) is 0 Å². The zero-order valence-electron chi connectivity index (χ0n) is 10.4. The number of nitrogens with zero attached hydrogens (tertiary/aromatic N) is 2. The van der Waals surface area contributed by atoms with Crippen LogP contribution >= 0.6 is 0 Å². The highest BCUT2D eigenvalue weighted by Gasteiger charge is 2.09. The van der Waals surface area contributed by atoms with E-state index in [9.17, 15) is 0 Å². The zero-order chi connectivity index (χ0) is 11.8. The number of nitrogens with one attached hydrogen (secondary N) is 1. The molecule has 1 aromatic heterocycles. The molecule has 1 heterocycles. The van der Waals surface area contributed by atoms with Gasteiger partial charge in [0.2, 0.25) is 0 Å². The predicted octanol–water partition coefficient (Wildman–Crippen LogP) is 3.17. The van der Waals surface area contributed by atoms with E-state index in [1.165, 1.54) is 0 Å². The molecule has 0 saturated carbocycles. The van der Waals surface area contributed by atoms with Gasteiger partial charge in [-0.25, -0.2) is 5.01 Å². The lowest BCUT2D eigenvalue weighted by Crippen LogP contribution is -2.39. The summed E-state index contributed by atoms with van der Waals surface area (Å²) < 4.78 is 0. The maximum absolute atomic E-state index is 3.22. The molecule has 88 valence electrons. The van der Waals surface area contributed by atoms with Crippen LogP contribution in [0.15, 0.2) is 42.8 Å². The minimum atomic E-state index is 0.982. The molecule has 1 N–H and O–H groups in total. The summed E-state index contributed by atoms with van der Waals surface area (Å²) >= 11 is 0. The Morgan fingerprint density at radius 3 is 2.50 bits per heavy atom. The number of hydrogen-bond acceptors (Lipinski definition) is 2. The van der Waals surface area contributed by atoms with Gasteiger partial charge in [0.25, 0.3) is 0 Å². The second kappa shape index (κ2) is 6.90. The fourth-order valence-electron chi connectivity index (χ4n) is 1.56. The van der Waals surface area contributed by atoms with Gasteiger partial charge in [-0.1, -0.05) is 26.0 Å². The predicted molar refractivity (Wildman–Crippen MR) is 70.1 cm³/mol. The van der Waals surface area contributed by atoms with Crippen molar-refractivity contribution in [3.8, 4) is 0 Å². The van der Waals surface area contributed by atoms with Crippen molar-refractivity contribution < 1.29 is 0 Å². The van der Waals surface area contributed by atoms with Gasteiger partial charge in [0.15, 0.2) is 0 Å². The fourth-order valence-corrected chi connectivity index (χ4v) is 1.56. The Balaban J connectivity index is 2.84. The van der Waals surface area contributed by atoms with Crippen LogP contribution in [0.25, 0.3) is 0 Å². The van der Waals surface area contributed by atoms with Gasteiger partial charge >= 0.3 is 0 Å². The summed E-state index contributed by atoms with van der Waals surface area (Å²) in [5.74, 6) is 1.09. The molecule has 0 bridgehead atoms. The third-order valence-corrected chi connectivity index (χ3v) is 2.39. The van der Waals surface area contributed by atoms with Crippen molar-refractivity contribution in [2.24, 2.45) is 0 Å². The molecule has 0 amide bonds. The van der Waals surface area contributed by atoms with Crippen LogP contribution in [-0.4, -0.2) is 23.1 Å². The van der Waals surface area contributed by atoms with Gasteiger partial charge in [-0.3, -0.25) is 5.01 Å². The summed E-state index contributed by atoms with van der Waals surface area (Å²) in [7, 11) is 0. The van der Waals surface area contributed by atoms with Crippen LogP contribution in [0.3, 0.4) is 0 Å². The van der Waals surface area contributed by atoms with Gasteiger partial charge in [-0.15, -0.1) is 0 Å². The lowest BCUT2D eigenvalue weighted by atomic mass is 10.5. The van der Waals surface area contributed by atoms with E-state index in [4.69, 9.17) is 0 Å². The smallest absolute Gasteiger partial charge is 0.124 e. The maximum Gasteiger partial charge on any atom is 0.124 e. The molecule has 0 saturated heterocycles. The van der Waals surface area contributed by atoms with E-state index in [0.29, 0.717) is 0 Å². The summed E-state index contributed by atoms with van der Waals surface area (Å²) in [5.41, 5.74) is 0. The average Bonchev–Trinajstić information content (AvgIpc) is 2.82. The van der Waals surface area contributed by atoms with Gasteiger partial charge < -0.3 is 4.98 Å². The Kier molecular flexibility index (Phi) is 5.43. The average molecular weight is 219 g/mol. The Hall–Kier alpha value is -1.48. The summed E-state index contributed by atoms with van der Waals surface area (Å²) in [6, 6.07) is 4.08. The van der Waals surface area contributed by atoms with E-state index in [1.54, 1.807) is 0 Å². The van der Waals surface area contributed by atoms with Crippen LogP contribution in [0, 0.1) is 0 Å². The molecule has 0 unspecified atom stereocenters. The molecule has 0 aliphatic carbocycles. The van der Waals surface area contributed by atoms with Gasteiger partial charge in [0, 0.05) is 25.5 Å². The topological polar surface area (TPSA) is 22.3 Å². The highest BCUT2D eigenvalue weighted by atomic mass is 15.6. The highest BCUT2D eigenvalue weighted by molar-refractivity contribution is 5.41. The van der Waals surface area contributed by atoms with Crippen molar-refractivity contribution in [3.05, 3.63) is 42.8 Å². The Bertz CT molecular complexity index is 321. The Morgan fingerprint density at radius 1 is 1.25 bits per heavy atom. The molecule has 0 aliphatic rings. The van der Waals surface area contributed by atoms with E-state index in [1.807, 2.05) is 37.4 Å². The molecule has 0 atom stereocenters. The second-order valence-electron chi connectivity index (χ2n) is 3.41. The summed E-state index contributed by atoms with van der Waals surface area (Å²) in [4.78, 5) is 3.22. The Morgan fingerprint density at radius 2 is 2.00 bits per heavy atom. The van der Waals surface area contributed by atoms with Crippen molar-refractivity contribution in [1.29, 1.82) is 0 Å². The molecule has 0 spiro atoms. The van der Waals surface area contributed by atoms with Gasteiger partial charge in [0.1, 0.15) is 5.82 Å². The molecule has 0 aliphatic heterocycles. The standard InChI is InChI=1S/C13H21N3/c1-4-7-8-12-16(15(5-2)6-3)13-10-9-11-14-13/h4,7-12,14H,5-6H2,1-3H3. The third kappa shape index (κ3) is 3.28. The summed E-state index contributed by atoms with van der Waals surface area (Å²) in [6.45, 7) is 8.29. The van der Waals surface area contributed by atoms with E-state index >= 15 is 0 Å². The fraction of sp³-hybridized carbons (Fsp3) is 0.385. The number of allylic oxidation sites excluding steroid dienone is 3. The highest BCUT2D eigenvalue weighted by Crippen LogP contribution is 2.13. The lowest BCUT2D eigenvalue weighted by Gasteiger charge is -2.31. The minimum Gasteiger partial charge on any atom is -0.347 e. The number of hydrazine groups is 1. The van der Waals surface area contributed by atoms with E-state index in [-0.39, 0.29) is 0 Å². The molecule has 1 aromatic rings. The molecule has 0 aromatic carbocycles. The minimum absolute atomic E-state index is 0.982. The number of H-pyrrole nitrogens is 1. The molecular weight excluding hydrogens is 198 g/mol. The number of rotatable bonds is 6. The molecule has 16 heavy (non-hydrogen) atoms. The molecule has 0 fully saturated rings. The second-order valence-corrected chi connectivity index (χ2v) is 3.41. The molecule has 0 radical (unpaired) electrons. The summed E-state index contributed by atoms with van der Waals surface area (Å²) in [5, 5.41) is 4.39. The van der Waals surface area contributed by atoms with Gasteiger partial charge in [-0.05, 0) is 25.1 Å². The number of aromatic nitrogens is 1. The molecule has 3 nitrogen and oxygen atoms in total.